The molecule has 7 heteroatoms. The van der Waals surface area contributed by atoms with Gasteiger partial charge in [0.25, 0.3) is 5.91 Å². The topological polar surface area (TPSA) is 81.3 Å². The van der Waals surface area contributed by atoms with Crippen molar-refractivity contribution in [2.75, 3.05) is 24.3 Å². The van der Waals surface area contributed by atoms with E-state index in [1.807, 2.05) is 0 Å². The number of ether oxygens (including phenoxy) is 1. The second-order valence-electron chi connectivity index (χ2n) is 6.14. The highest BCUT2D eigenvalue weighted by atomic mass is 19.1. The summed E-state index contributed by atoms with van der Waals surface area (Å²) < 4.78 is 19.0. The Hall–Kier alpha value is -2.70. The number of carbonyl (C=O) groups is 1. The number of hydrogen-bond donors (Lipinski definition) is 1. The molecule has 0 spiro atoms. The minimum absolute atomic E-state index is 0.105. The maximum Gasteiger partial charge on any atom is 0.318 e. The van der Waals surface area contributed by atoms with Crippen molar-refractivity contribution in [3.63, 3.8) is 0 Å². The molecule has 1 aliphatic rings. The predicted octanol–water partition coefficient (Wildman–Crippen LogP) is 2.47. The number of alkyl halides is 1. The van der Waals surface area contributed by atoms with Gasteiger partial charge in [0.05, 0.1) is 12.8 Å². The zero-order chi connectivity index (χ0) is 17.5. The van der Waals surface area contributed by atoms with Gasteiger partial charge in [0.2, 0.25) is 0 Å². The van der Waals surface area contributed by atoms with Crippen molar-refractivity contribution in [3.8, 4) is 6.01 Å². The largest absolute Gasteiger partial charge is 0.467 e. The molecule has 0 radical (unpaired) electrons. The molecule has 1 aromatic carbocycles. The van der Waals surface area contributed by atoms with E-state index in [9.17, 15) is 9.18 Å². The van der Waals surface area contributed by atoms with E-state index in [-0.39, 0.29) is 17.7 Å². The zero-order valence-electron chi connectivity index (χ0n) is 13.8. The summed E-state index contributed by atoms with van der Waals surface area (Å²) in [5.41, 5.74) is 6.61. The summed E-state index contributed by atoms with van der Waals surface area (Å²) in [5, 5.41) is 0. The van der Waals surface area contributed by atoms with Crippen LogP contribution in [0.1, 0.15) is 35.5 Å². The molecule has 2 heterocycles. The third-order valence-corrected chi connectivity index (χ3v) is 4.07. The van der Waals surface area contributed by atoms with Crippen LogP contribution in [-0.4, -0.2) is 29.5 Å². The van der Waals surface area contributed by atoms with Gasteiger partial charge in [0.15, 0.2) is 0 Å². The average Bonchev–Trinajstić information content (AvgIpc) is 2.54. The molecular weight excluding hydrogens is 311 g/mol. The van der Waals surface area contributed by atoms with Gasteiger partial charge in [-0.3, -0.25) is 4.79 Å². The molecule has 1 amide bonds. The number of halogens is 1. The van der Waals surface area contributed by atoms with Crippen molar-refractivity contribution in [1.29, 1.82) is 0 Å². The molecule has 0 unspecified atom stereocenters. The van der Waals surface area contributed by atoms with E-state index in [1.54, 1.807) is 29.2 Å². The number of benzene rings is 1. The summed E-state index contributed by atoms with van der Waals surface area (Å²) in [7, 11) is 1.45. The number of nitrogens with zero attached hydrogens (tertiary/aromatic N) is 3. The fraction of sp³-hybridized carbons (Fsp3) is 0.353. The molecule has 3 rings (SSSR count). The van der Waals surface area contributed by atoms with Gasteiger partial charge in [-0.1, -0.05) is 12.1 Å². The maximum absolute atomic E-state index is 14.0. The number of anilines is 2. The van der Waals surface area contributed by atoms with Crippen molar-refractivity contribution in [2.45, 2.75) is 25.9 Å². The van der Waals surface area contributed by atoms with E-state index in [4.69, 9.17) is 10.5 Å². The number of nitrogens with two attached hydrogens (primary N) is 1. The maximum atomic E-state index is 14.0. The Morgan fingerprint density at radius 3 is 2.50 bits per heavy atom. The smallest absolute Gasteiger partial charge is 0.318 e. The molecule has 0 atom stereocenters. The van der Waals surface area contributed by atoms with Crippen molar-refractivity contribution in [2.24, 2.45) is 0 Å². The Bertz CT molecular complexity index is 784. The third-order valence-electron chi connectivity index (χ3n) is 4.07. The van der Waals surface area contributed by atoms with Crippen LogP contribution >= 0.6 is 0 Å². The summed E-state index contributed by atoms with van der Waals surface area (Å²) in [5.74, 6) is -0.156. The van der Waals surface area contributed by atoms with Crippen LogP contribution in [0.2, 0.25) is 0 Å². The second kappa shape index (κ2) is 5.74. The first-order valence-electron chi connectivity index (χ1n) is 7.63. The Balaban J connectivity index is 1.94. The van der Waals surface area contributed by atoms with Crippen LogP contribution in [0.4, 0.5) is 15.9 Å². The summed E-state index contributed by atoms with van der Waals surface area (Å²) >= 11 is 0. The van der Waals surface area contributed by atoms with Crippen molar-refractivity contribution < 1.29 is 13.9 Å². The van der Waals surface area contributed by atoms with Gasteiger partial charge in [0, 0.05) is 18.7 Å². The monoisotopic (exact) mass is 330 g/mol. The first kappa shape index (κ1) is 16.2. The van der Waals surface area contributed by atoms with Gasteiger partial charge in [-0.2, -0.15) is 9.97 Å². The number of fused-ring (bicyclic) bond motifs is 1. The van der Waals surface area contributed by atoms with Crippen LogP contribution in [0.3, 0.4) is 0 Å². The lowest BCUT2D eigenvalue weighted by Crippen LogP contribution is -2.39. The fourth-order valence-corrected chi connectivity index (χ4v) is 2.75. The molecule has 2 aromatic rings. The summed E-state index contributed by atoms with van der Waals surface area (Å²) in [6, 6.07) is 7.00. The van der Waals surface area contributed by atoms with Gasteiger partial charge in [-0.05, 0) is 31.5 Å². The highest BCUT2D eigenvalue weighted by molar-refractivity contribution is 6.10. The van der Waals surface area contributed by atoms with Crippen LogP contribution in [0.25, 0.3) is 0 Å². The van der Waals surface area contributed by atoms with E-state index in [1.165, 1.54) is 21.0 Å². The standard InChI is InChI=1S/C17H19FN4O2/c1-17(2,18)10-4-6-11(7-5-10)22-9-8-12-13(15(22)23)14(19)21-16(20-12)24-3/h4-7H,8-9H2,1-3H3,(H2,19,20,21). The highest BCUT2D eigenvalue weighted by Crippen LogP contribution is 2.30. The first-order chi connectivity index (χ1) is 11.3. The molecule has 24 heavy (non-hydrogen) atoms. The van der Waals surface area contributed by atoms with E-state index >= 15 is 0 Å². The minimum atomic E-state index is -1.42. The van der Waals surface area contributed by atoms with E-state index in [0.717, 1.165) is 0 Å². The summed E-state index contributed by atoms with van der Waals surface area (Å²) in [6.45, 7) is 3.45. The van der Waals surface area contributed by atoms with Crippen molar-refractivity contribution >= 4 is 17.4 Å². The number of aromatic nitrogens is 2. The van der Waals surface area contributed by atoms with Crippen LogP contribution in [-0.2, 0) is 12.1 Å². The normalized spacial score (nSPS) is 14.5. The lowest BCUT2D eigenvalue weighted by atomic mass is 9.99. The molecule has 2 N–H and O–H groups in total. The molecule has 0 fully saturated rings. The van der Waals surface area contributed by atoms with Gasteiger partial charge in [0.1, 0.15) is 17.1 Å². The number of hydrogen-bond acceptors (Lipinski definition) is 5. The Kier molecular flexibility index (Phi) is 3.87. The number of carbonyl (C=O) groups excluding carboxylic acids is 1. The lowest BCUT2D eigenvalue weighted by Gasteiger charge is -2.29. The summed E-state index contributed by atoms with van der Waals surface area (Å²) in [4.78, 5) is 22.6. The van der Waals surface area contributed by atoms with Gasteiger partial charge in [-0.15, -0.1) is 0 Å². The molecule has 0 aliphatic carbocycles. The van der Waals surface area contributed by atoms with Crippen LogP contribution < -0.4 is 15.4 Å². The fourth-order valence-electron chi connectivity index (χ4n) is 2.75. The van der Waals surface area contributed by atoms with E-state index in [2.05, 4.69) is 9.97 Å². The van der Waals surface area contributed by atoms with Gasteiger partial charge in [-0.25, -0.2) is 4.39 Å². The van der Waals surface area contributed by atoms with Crippen LogP contribution in [0.5, 0.6) is 6.01 Å². The van der Waals surface area contributed by atoms with Gasteiger partial charge < -0.3 is 15.4 Å². The van der Waals surface area contributed by atoms with Crippen LogP contribution in [0.15, 0.2) is 24.3 Å². The SMILES string of the molecule is COc1nc(N)c2c(n1)CCN(c1ccc(C(C)(C)F)cc1)C2=O. The third kappa shape index (κ3) is 2.77. The van der Waals surface area contributed by atoms with E-state index in [0.29, 0.717) is 35.5 Å². The first-order valence-corrected chi connectivity index (χ1v) is 7.63. The average molecular weight is 330 g/mol. The molecule has 0 saturated heterocycles. The minimum Gasteiger partial charge on any atom is -0.467 e. The molecule has 6 nitrogen and oxygen atoms in total. The van der Waals surface area contributed by atoms with Crippen molar-refractivity contribution in [3.05, 3.63) is 41.1 Å². The highest BCUT2D eigenvalue weighted by Gasteiger charge is 2.30. The van der Waals surface area contributed by atoms with Crippen molar-refractivity contribution in [1.82, 2.24) is 9.97 Å². The molecule has 0 bridgehead atoms. The van der Waals surface area contributed by atoms with Crippen LogP contribution in [0, 0.1) is 0 Å². The molecular formula is C17H19FN4O2. The Morgan fingerprint density at radius 1 is 1.25 bits per heavy atom. The predicted molar refractivity (Wildman–Crippen MR) is 89.0 cm³/mol. The Labute approximate surface area is 139 Å². The number of amides is 1. The molecule has 1 aromatic heterocycles. The number of methoxy groups -OCH3 is 1. The number of nitrogen functional groups attached to an aromatic ring is 1. The quantitative estimate of drug-likeness (QED) is 0.935. The zero-order valence-corrected chi connectivity index (χ0v) is 13.8. The molecule has 0 saturated carbocycles. The van der Waals surface area contributed by atoms with E-state index < -0.39 is 5.67 Å². The Morgan fingerprint density at radius 2 is 1.92 bits per heavy atom. The summed E-state index contributed by atoms with van der Waals surface area (Å²) in [6.07, 6.45) is 0.542. The molecule has 1 aliphatic heterocycles. The molecule has 126 valence electrons. The number of rotatable bonds is 3. The van der Waals surface area contributed by atoms with Gasteiger partial charge >= 0.3 is 6.01 Å². The lowest BCUT2D eigenvalue weighted by molar-refractivity contribution is 0.0980. The second-order valence-corrected chi connectivity index (χ2v) is 6.14.